The molecule has 5 heteroatoms. The first kappa shape index (κ1) is 13.5. The van der Waals surface area contributed by atoms with E-state index in [-0.39, 0.29) is 5.75 Å². The molecule has 0 aliphatic heterocycles. The van der Waals surface area contributed by atoms with E-state index in [9.17, 15) is 5.11 Å². The minimum Gasteiger partial charge on any atom is -0.506 e. The van der Waals surface area contributed by atoms with Crippen molar-refractivity contribution in [3.63, 3.8) is 0 Å². The molecule has 0 aliphatic carbocycles. The molecule has 0 saturated heterocycles. The number of anilines is 1. The highest BCUT2D eigenvalue weighted by Gasteiger charge is 2.04. The van der Waals surface area contributed by atoms with Crippen molar-refractivity contribution in [2.45, 2.75) is 6.54 Å². The Kier molecular flexibility index (Phi) is 3.79. The fraction of sp³-hybridized carbons (Fsp3) is 0.0625. The molecule has 4 nitrogen and oxygen atoms in total. The topological polar surface area (TPSA) is 50.1 Å². The molecule has 0 fully saturated rings. The lowest BCUT2D eigenvalue weighted by Crippen LogP contribution is -2.00. The zero-order chi connectivity index (χ0) is 14.7. The lowest BCUT2D eigenvalue weighted by atomic mass is 10.2. The minimum atomic E-state index is 0.125. The second kappa shape index (κ2) is 5.89. The van der Waals surface area contributed by atoms with Crippen molar-refractivity contribution >= 4 is 17.3 Å². The summed E-state index contributed by atoms with van der Waals surface area (Å²) in [6, 6.07) is 15.1. The smallest absolute Gasteiger partial charge is 0.139 e. The maximum absolute atomic E-state index is 9.86. The van der Waals surface area contributed by atoms with Crippen LogP contribution in [0, 0.1) is 0 Å². The van der Waals surface area contributed by atoms with Crippen LogP contribution in [0.3, 0.4) is 0 Å². The summed E-state index contributed by atoms with van der Waals surface area (Å²) in [5, 5.41) is 17.7. The van der Waals surface area contributed by atoms with Gasteiger partial charge in [0.05, 0.1) is 10.7 Å². The Morgan fingerprint density at radius 2 is 1.90 bits per heavy atom. The number of para-hydroxylation sites is 1. The third kappa shape index (κ3) is 3.01. The van der Waals surface area contributed by atoms with Crippen LogP contribution in [0.2, 0.25) is 5.02 Å². The molecule has 3 aromatic rings. The number of benzene rings is 2. The minimum absolute atomic E-state index is 0.125. The highest BCUT2D eigenvalue weighted by molar-refractivity contribution is 6.32. The molecule has 0 saturated carbocycles. The van der Waals surface area contributed by atoms with Gasteiger partial charge in [0.15, 0.2) is 0 Å². The Bertz CT molecular complexity index is 724. The van der Waals surface area contributed by atoms with Crippen molar-refractivity contribution in [2.75, 3.05) is 5.32 Å². The van der Waals surface area contributed by atoms with Gasteiger partial charge in [0.25, 0.3) is 0 Å². The van der Waals surface area contributed by atoms with Crippen LogP contribution in [0.15, 0.2) is 60.9 Å². The summed E-state index contributed by atoms with van der Waals surface area (Å²) in [4.78, 5) is 0. The van der Waals surface area contributed by atoms with E-state index in [1.165, 1.54) is 0 Å². The van der Waals surface area contributed by atoms with Gasteiger partial charge in [-0.05, 0) is 36.4 Å². The van der Waals surface area contributed by atoms with Gasteiger partial charge in [0.2, 0.25) is 0 Å². The third-order valence-corrected chi connectivity index (χ3v) is 3.49. The molecule has 0 unspecified atom stereocenters. The maximum Gasteiger partial charge on any atom is 0.139 e. The van der Waals surface area contributed by atoms with Crippen molar-refractivity contribution in [1.29, 1.82) is 0 Å². The molecule has 0 radical (unpaired) electrons. The molecule has 0 aliphatic rings. The fourth-order valence-electron chi connectivity index (χ4n) is 2.05. The lowest BCUT2D eigenvalue weighted by Gasteiger charge is -2.10. The number of hydrogen-bond acceptors (Lipinski definition) is 3. The summed E-state index contributed by atoms with van der Waals surface area (Å²) < 4.78 is 1.80. The van der Waals surface area contributed by atoms with E-state index >= 15 is 0 Å². The highest BCUT2D eigenvalue weighted by atomic mass is 35.5. The van der Waals surface area contributed by atoms with Gasteiger partial charge in [-0.15, -0.1) is 0 Å². The van der Waals surface area contributed by atoms with Crippen LogP contribution in [-0.4, -0.2) is 14.9 Å². The molecule has 0 spiro atoms. The molecule has 106 valence electrons. The summed E-state index contributed by atoms with van der Waals surface area (Å²) >= 11 is 5.89. The molecule has 21 heavy (non-hydrogen) atoms. The van der Waals surface area contributed by atoms with Gasteiger partial charge in [-0.3, -0.25) is 0 Å². The van der Waals surface area contributed by atoms with Gasteiger partial charge in [0, 0.05) is 30.2 Å². The molecule has 2 aromatic carbocycles. The van der Waals surface area contributed by atoms with Gasteiger partial charge in [-0.2, -0.15) is 5.10 Å². The van der Waals surface area contributed by atoms with Crippen LogP contribution in [-0.2, 0) is 6.54 Å². The quantitative estimate of drug-likeness (QED) is 0.769. The van der Waals surface area contributed by atoms with Crippen molar-refractivity contribution in [2.24, 2.45) is 0 Å². The van der Waals surface area contributed by atoms with Crippen molar-refractivity contribution in [3.8, 4) is 11.4 Å². The van der Waals surface area contributed by atoms with Gasteiger partial charge in [0.1, 0.15) is 5.75 Å². The number of hydrogen-bond donors (Lipinski definition) is 2. The number of phenols is 1. The molecule has 0 bridgehead atoms. The maximum atomic E-state index is 9.86. The molecule has 0 atom stereocenters. The second-order valence-corrected chi connectivity index (χ2v) is 5.01. The van der Waals surface area contributed by atoms with E-state index in [4.69, 9.17) is 11.6 Å². The number of nitrogens with one attached hydrogen (secondary N) is 1. The molecule has 2 N–H and O–H groups in total. The van der Waals surface area contributed by atoms with Crippen LogP contribution in [0.4, 0.5) is 5.69 Å². The average Bonchev–Trinajstić information content (AvgIpc) is 3.04. The van der Waals surface area contributed by atoms with Crippen LogP contribution >= 0.6 is 11.6 Å². The zero-order valence-corrected chi connectivity index (χ0v) is 12.0. The Morgan fingerprint density at radius 3 is 2.62 bits per heavy atom. The number of rotatable bonds is 4. The van der Waals surface area contributed by atoms with Crippen LogP contribution in [0.5, 0.6) is 5.75 Å². The first-order chi connectivity index (χ1) is 10.2. The van der Waals surface area contributed by atoms with Crippen molar-refractivity contribution in [1.82, 2.24) is 9.78 Å². The number of phenolic OH excluding ortho intramolecular Hbond substituents is 1. The third-order valence-electron chi connectivity index (χ3n) is 3.19. The highest BCUT2D eigenvalue weighted by Crippen LogP contribution is 2.27. The molecule has 3 rings (SSSR count). The van der Waals surface area contributed by atoms with Crippen molar-refractivity contribution in [3.05, 3.63) is 71.5 Å². The number of nitrogens with zero attached hydrogens (tertiary/aromatic N) is 2. The SMILES string of the molecule is Oc1c(Cl)cccc1CNc1ccc(-n2cccn2)cc1. The van der Waals surface area contributed by atoms with Crippen LogP contribution < -0.4 is 5.32 Å². The Balaban J connectivity index is 1.70. The summed E-state index contributed by atoms with van der Waals surface area (Å²) in [5.74, 6) is 0.125. The first-order valence-corrected chi connectivity index (χ1v) is 6.92. The summed E-state index contributed by atoms with van der Waals surface area (Å²) in [6.07, 6.45) is 3.64. The summed E-state index contributed by atoms with van der Waals surface area (Å²) in [6.45, 7) is 0.507. The van der Waals surface area contributed by atoms with Gasteiger partial charge >= 0.3 is 0 Å². The van der Waals surface area contributed by atoms with Crippen LogP contribution in [0.1, 0.15) is 5.56 Å². The number of halogens is 1. The summed E-state index contributed by atoms with van der Waals surface area (Å²) in [5.41, 5.74) is 2.72. The predicted octanol–water partition coefficient (Wildman–Crippen LogP) is 3.84. The normalized spacial score (nSPS) is 10.5. The molecular weight excluding hydrogens is 286 g/mol. The van der Waals surface area contributed by atoms with Gasteiger partial charge in [-0.1, -0.05) is 23.7 Å². The number of aromatic nitrogens is 2. The van der Waals surface area contributed by atoms with E-state index in [2.05, 4.69) is 10.4 Å². The number of aromatic hydroxyl groups is 1. The standard InChI is InChI=1S/C16H14ClN3O/c17-15-4-1-3-12(16(15)21)11-18-13-5-7-14(8-6-13)20-10-2-9-19-20/h1-10,18,21H,11H2. The predicted molar refractivity (Wildman–Crippen MR) is 84.0 cm³/mol. The van der Waals surface area contributed by atoms with Crippen molar-refractivity contribution < 1.29 is 5.11 Å². The average molecular weight is 300 g/mol. The monoisotopic (exact) mass is 299 g/mol. The van der Waals surface area contributed by atoms with Gasteiger partial charge in [-0.25, -0.2) is 4.68 Å². The van der Waals surface area contributed by atoms with Crippen LogP contribution in [0.25, 0.3) is 5.69 Å². The Labute approximate surface area is 127 Å². The second-order valence-electron chi connectivity index (χ2n) is 4.60. The lowest BCUT2D eigenvalue weighted by molar-refractivity contribution is 0.469. The molecule has 1 aromatic heterocycles. The molecular formula is C16H14ClN3O. The van der Waals surface area contributed by atoms with E-state index in [1.807, 2.05) is 48.7 Å². The fourth-order valence-corrected chi connectivity index (χ4v) is 2.25. The first-order valence-electron chi connectivity index (χ1n) is 6.54. The molecule has 0 amide bonds. The van der Waals surface area contributed by atoms with E-state index < -0.39 is 0 Å². The molecule has 1 heterocycles. The summed E-state index contributed by atoms with van der Waals surface area (Å²) in [7, 11) is 0. The van der Waals surface area contributed by atoms with E-state index in [0.717, 1.165) is 16.9 Å². The largest absolute Gasteiger partial charge is 0.506 e. The Hall–Kier alpha value is -2.46. The van der Waals surface area contributed by atoms with E-state index in [1.54, 1.807) is 16.9 Å². The van der Waals surface area contributed by atoms with Gasteiger partial charge < -0.3 is 10.4 Å². The van der Waals surface area contributed by atoms with E-state index in [0.29, 0.717) is 11.6 Å². The Morgan fingerprint density at radius 1 is 1.10 bits per heavy atom. The zero-order valence-electron chi connectivity index (χ0n) is 11.2.